The van der Waals surface area contributed by atoms with Crippen molar-refractivity contribution in [1.82, 2.24) is 34.7 Å². The molecule has 46 heavy (non-hydrogen) atoms. The minimum absolute atomic E-state index is 0.115. The molecule has 7 N–H and O–H groups in total. The number of H-pyrrole nitrogens is 1. The fourth-order valence-electron chi connectivity index (χ4n) is 7.06. The second-order valence-electron chi connectivity index (χ2n) is 13.0. The van der Waals surface area contributed by atoms with Crippen molar-refractivity contribution in [1.29, 1.82) is 0 Å². The van der Waals surface area contributed by atoms with Crippen molar-refractivity contribution >= 4 is 34.0 Å². The molecule has 7 rings (SSSR count). The zero-order chi connectivity index (χ0) is 31.6. The summed E-state index contributed by atoms with van der Waals surface area (Å²) in [6.07, 6.45) is 8.83. The lowest BCUT2D eigenvalue weighted by atomic mass is 9.93. The Morgan fingerprint density at radius 1 is 0.913 bits per heavy atom. The molecule has 244 valence electrons. The highest BCUT2D eigenvalue weighted by molar-refractivity contribution is 5.93. The van der Waals surface area contributed by atoms with Crippen molar-refractivity contribution in [2.45, 2.75) is 62.9 Å². The molecule has 2 aliphatic heterocycles. The number of imidazole rings is 1. The van der Waals surface area contributed by atoms with Crippen molar-refractivity contribution in [3.63, 3.8) is 0 Å². The van der Waals surface area contributed by atoms with E-state index in [4.69, 9.17) is 15.7 Å². The minimum Gasteiger partial charge on any atom is -0.393 e. The number of fused-ring (bicyclic) bond motifs is 1. The average molecular weight is 628 g/mol. The third kappa shape index (κ3) is 6.65. The van der Waals surface area contributed by atoms with Gasteiger partial charge in [-0.2, -0.15) is 0 Å². The van der Waals surface area contributed by atoms with E-state index in [1.807, 2.05) is 12.1 Å². The first-order valence-corrected chi connectivity index (χ1v) is 16.5. The molecule has 1 aliphatic carbocycles. The lowest BCUT2D eigenvalue weighted by Gasteiger charge is -2.42. The molecule has 0 amide bonds. The summed E-state index contributed by atoms with van der Waals surface area (Å²) in [5.41, 5.74) is 11.0. The summed E-state index contributed by atoms with van der Waals surface area (Å²) in [6, 6.07) is 9.13. The van der Waals surface area contributed by atoms with Crippen LogP contribution in [0.4, 0.5) is 23.0 Å². The quantitative estimate of drug-likeness (QED) is 0.158. The molecule has 3 aliphatic rings. The Kier molecular flexibility index (Phi) is 9.00. The van der Waals surface area contributed by atoms with Crippen molar-refractivity contribution in [3.8, 4) is 11.3 Å². The number of piperidine rings is 1. The van der Waals surface area contributed by atoms with Crippen LogP contribution in [0.1, 0.15) is 50.4 Å². The van der Waals surface area contributed by atoms with Gasteiger partial charge in [0.25, 0.3) is 0 Å². The predicted molar refractivity (Wildman–Crippen MR) is 180 cm³/mol. The molecule has 4 aromatic rings. The standard InChI is InChI=1S/C33H45N11O2/c1-42-14-16-44(17-15-42)24-10-12-43(13-11-24)23-6-2-21(3-7-23)39-33-30(31(34)46)40-29(26-18-35-19-27-28(26)37-20-36-27)32(41-33)38-22-4-8-25(45)9-5-22/h2-3,6-7,18-20,22,24-25,31,45-46H,4-5,8-17,34H2,1H3,(H,36,37)(H2,38,39,41). The number of aromatic amines is 1. The maximum Gasteiger partial charge on any atom is 0.158 e. The van der Waals surface area contributed by atoms with Gasteiger partial charge in [-0.05, 0) is 69.8 Å². The van der Waals surface area contributed by atoms with E-state index in [-0.39, 0.29) is 17.8 Å². The molecule has 0 radical (unpaired) electrons. The lowest BCUT2D eigenvalue weighted by Crippen LogP contribution is -2.52. The van der Waals surface area contributed by atoms with E-state index in [0.29, 0.717) is 34.5 Å². The first kappa shape index (κ1) is 30.8. The number of nitrogens with two attached hydrogens (primary N) is 1. The fourth-order valence-corrected chi connectivity index (χ4v) is 7.06. The number of aromatic nitrogens is 5. The van der Waals surface area contributed by atoms with Gasteiger partial charge in [0, 0.05) is 68.9 Å². The van der Waals surface area contributed by atoms with Crippen molar-refractivity contribution < 1.29 is 10.2 Å². The molecule has 13 nitrogen and oxygen atoms in total. The number of benzene rings is 1. The number of aliphatic hydroxyl groups excluding tert-OH is 2. The molecular weight excluding hydrogens is 582 g/mol. The van der Waals surface area contributed by atoms with Crippen LogP contribution in [-0.4, -0.2) is 109 Å². The van der Waals surface area contributed by atoms with Gasteiger partial charge in [0.05, 0.1) is 29.7 Å². The highest BCUT2D eigenvalue weighted by Gasteiger charge is 2.28. The van der Waals surface area contributed by atoms with Crippen LogP contribution in [0.2, 0.25) is 0 Å². The fraction of sp³-hybridized carbons (Fsp3) is 0.515. The van der Waals surface area contributed by atoms with Gasteiger partial charge in [-0.3, -0.25) is 9.88 Å². The van der Waals surface area contributed by atoms with Crippen molar-refractivity contribution in [2.24, 2.45) is 5.73 Å². The van der Waals surface area contributed by atoms with Gasteiger partial charge in [0.1, 0.15) is 23.1 Å². The van der Waals surface area contributed by atoms with E-state index in [1.54, 1.807) is 18.7 Å². The van der Waals surface area contributed by atoms with Gasteiger partial charge in [-0.1, -0.05) is 0 Å². The summed E-state index contributed by atoms with van der Waals surface area (Å²) < 4.78 is 0. The Morgan fingerprint density at radius 2 is 1.65 bits per heavy atom. The zero-order valence-electron chi connectivity index (χ0n) is 26.4. The van der Waals surface area contributed by atoms with E-state index in [1.165, 1.54) is 31.6 Å². The molecule has 0 bridgehead atoms. The molecule has 1 atom stereocenters. The van der Waals surface area contributed by atoms with E-state index in [2.05, 4.69) is 59.5 Å². The summed E-state index contributed by atoms with van der Waals surface area (Å²) >= 11 is 0. The Morgan fingerprint density at radius 3 is 2.37 bits per heavy atom. The van der Waals surface area contributed by atoms with Crippen LogP contribution in [0, 0.1) is 0 Å². The number of aliphatic hydroxyl groups is 2. The Bertz CT molecular complexity index is 1600. The number of hydrogen-bond acceptors (Lipinski definition) is 12. The average Bonchev–Trinajstić information content (AvgIpc) is 3.56. The molecular formula is C33H45N11O2. The molecule has 0 spiro atoms. The van der Waals surface area contributed by atoms with E-state index >= 15 is 0 Å². The second kappa shape index (κ2) is 13.5. The van der Waals surface area contributed by atoms with Gasteiger partial charge in [0.15, 0.2) is 11.6 Å². The molecule has 1 saturated carbocycles. The number of nitrogens with zero attached hydrogens (tertiary/aromatic N) is 7. The van der Waals surface area contributed by atoms with Gasteiger partial charge >= 0.3 is 0 Å². The summed E-state index contributed by atoms with van der Waals surface area (Å²) in [5.74, 6) is 0.922. The maximum absolute atomic E-state index is 10.6. The number of rotatable bonds is 8. The number of nitrogens with one attached hydrogen (secondary N) is 3. The van der Waals surface area contributed by atoms with Crippen molar-refractivity contribution in [2.75, 3.05) is 61.8 Å². The lowest BCUT2D eigenvalue weighted by molar-refractivity contribution is 0.0982. The molecule has 1 unspecified atom stereocenters. The monoisotopic (exact) mass is 627 g/mol. The Labute approximate surface area is 269 Å². The number of hydrogen-bond donors (Lipinski definition) is 6. The topological polar surface area (TPSA) is 168 Å². The van der Waals surface area contributed by atoms with Crippen LogP contribution in [0.5, 0.6) is 0 Å². The maximum atomic E-state index is 10.6. The van der Waals surface area contributed by atoms with E-state index < -0.39 is 6.23 Å². The number of anilines is 4. The Hall–Kier alpha value is -3.88. The Balaban J connectivity index is 1.12. The van der Waals surface area contributed by atoms with Gasteiger partial charge < -0.3 is 41.4 Å². The van der Waals surface area contributed by atoms with Crippen LogP contribution < -0.4 is 21.3 Å². The van der Waals surface area contributed by atoms with Crippen LogP contribution in [0.3, 0.4) is 0 Å². The highest BCUT2D eigenvalue weighted by Crippen LogP contribution is 2.35. The van der Waals surface area contributed by atoms with Crippen LogP contribution >= 0.6 is 0 Å². The van der Waals surface area contributed by atoms with E-state index in [9.17, 15) is 10.2 Å². The third-order valence-corrected chi connectivity index (χ3v) is 9.84. The molecule has 3 fully saturated rings. The zero-order valence-corrected chi connectivity index (χ0v) is 26.4. The summed E-state index contributed by atoms with van der Waals surface area (Å²) in [5, 5.41) is 27.7. The van der Waals surface area contributed by atoms with Crippen molar-refractivity contribution in [3.05, 3.63) is 48.7 Å². The third-order valence-electron chi connectivity index (χ3n) is 9.84. The molecule has 1 aromatic carbocycles. The summed E-state index contributed by atoms with van der Waals surface area (Å²) in [6.45, 7) is 6.74. The normalized spacial score (nSPS) is 22.7. The molecule has 2 saturated heterocycles. The van der Waals surface area contributed by atoms with Gasteiger partial charge in [-0.25, -0.2) is 15.0 Å². The first-order valence-electron chi connectivity index (χ1n) is 16.5. The molecule has 13 heteroatoms. The molecule has 5 heterocycles. The number of pyridine rings is 1. The van der Waals surface area contributed by atoms with Gasteiger partial charge in [-0.15, -0.1) is 0 Å². The van der Waals surface area contributed by atoms with E-state index in [0.717, 1.165) is 63.1 Å². The summed E-state index contributed by atoms with van der Waals surface area (Å²) in [4.78, 5) is 29.4. The van der Waals surface area contributed by atoms with Crippen LogP contribution in [-0.2, 0) is 0 Å². The minimum atomic E-state index is -1.36. The smallest absolute Gasteiger partial charge is 0.158 e. The summed E-state index contributed by atoms with van der Waals surface area (Å²) in [7, 11) is 2.21. The largest absolute Gasteiger partial charge is 0.393 e. The first-order chi connectivity index (χ1) is 22.4. The van der Waals surface area contributed by atoms with Crippen LogP contribution in [0.25, 0.3) is 22.3 Å². The van der Waals surface area contributed by atoms with Crippen LogP contribution in [0.15, 0.2) is 43.0 Å². The number of piperazine rings is 1. The second-order valence-corrected chi connectivity index (χ2v) is 13.0. The molecule has 3 aromatic heterocycles. The number of likely N-dealkylation sites (N-methyl/N-ethyl adjacent to an activating group) is 1. The predicted octanol–water partition coefficient (Wildman–Crippen LogP) is 3.04. The van der Waals surface area contributed by atoms with Gasteiger partial charge in [0.2, 0.25) is 0 Å². The SMILES string of the molecule is CN1CCN(C2CCN(c3ccc(Nc4nc(NC5CCC(O)CC5)c(-c5cncc6[nH]cnc56)nc4C(N)O)cc3)CC2)CC1. The highest BCUT2D eigenvalue weighted by atomic mass is 16.3.